The monoisotopic (exact) mass is 404 g/mol. The predicted octanol–water partition coefficient (Wildman–Crippen LogP) is 5.64. The summed E-state index contributed by atoms with van der Waals surface area (Å²) in [6.45, 7) is 8.06. The van der Waals surface area contributed by atoms with E-state index in [2.05, 4.69) is 10.2 Å². The van der Waals surface area contributed by atoms with Gasteiger partial charge < -0.3 is 15.0 Å². The number of carbonyl (C=O) groups excluding carboxylic acids is 1. The minimum Gasteiger partial charge on any atom is -0.491 e. The molecular formula is C22H26ClFN2O2. The topological polar surface area (TPSA) is 41.6 Å². The Labute approximate surface area is 170 Å². The first-order valence-electron chi connectivity index (χ1n) is 9.47. The van der Waals surface area contributed by atoms with Gasteiger partial charge in [-0.2, -0.15) is 0 Å². The zero-order valence-electron chi connectivity index (χ0n) is 16.5. The van der Waals surface area contributed by atoms with E-state index in [1.54, 1.807) is 18.2 Å². The fraction of sp³-hybridized carbons (Fsp3) is 0.409. The van der Waals surface area contributed by atoms with E-state index < -0.39 is 0 Å². The molecule has 28 heavy (non-hydrogen) atoms. The van der Waals surface area contributed by atoms with Gasteiger partial charge in [0.15, 0.2) is 0 Å². The van der Waals surface area contributed by atoms with Gasteiger partial charge in [-0.05, 0) is 35.6 Å². The van der Waals surface area contributed by atoms with Crippen molar-refractivity contribution in [3.05, 3.63) is 52.8 Å². The van der Waals surface area contributed by atoms with Crippen LogP contribution >= 0.6 is 11.6 Å². The Morgan fingerprint density at radius 1 is 1.25 bits per heavy atom. The molecule has 0 saturated heterocycles. The number of hydrogen-bond acceptors (Lipinski definition) is 3. The molecule has 0 fully saturated rings. The molecule has 2 aromatic carbocycles. The first-order chi connectivity index (χ1) is 13.2. The molecule has 6 heteroatoms. The minimum atomic E-state index is -0.248. The SMILES string of the molecule is CC(C)(C)CC(=O)Nc1cc2c(cc1Cl)N(Cc1ccc(F)cc1)CCCO2. The number of nitrogens with zero attached hydrogens (tertiary/aromatic N) is 1. The number of rotatable bonds is 4. The van der Waals surface area contributed by atoms with Crippen LogP contribution in [0.25, 0.3) is 0 Å². The lowest BCUT2D eigenvalue weighted by atomic mass is 9.92. The first-order valence-corrected chi connectivity index (χ1v) is 9.85. The first kappa shape index (κ1) is 20.5. The maximum absolute atomic E-state index is 13.2. The van der Waals surface area contributed by atoms with Crippen molar-refractivity contribution in [1.82, 2.24) is 0 Å². The van der Waals surface area contributed by atoms with E-state index in [0.29, 0.717) is 36.0 Å². The summed E-state index contributed by atoms with van der Waals surface area (Å²) in [4.78, 5) is 14.5. The number of benzene rings is 2. The largest absolute Gasteiger partial charge is 0.491 e. The number of nitrogens with one attached hydrogen (secondary N) is 1. The van der Waals surface area contributed by atoms with E-state index in [0.717, 1.165) is 24.2 Å². The lowest BCUT2D eigenvalue weighted by molar-refractivity contribution is -0.117. The van der Waals surface area contributed by atoms with Crippen molar-refractivity contribution in [3.63, 3.8) is 0 Å². The van der Waals surface area contributed by atoms with Crippen molar-refractivity contribution in [2.24, 2.45) is 5.41 Å². The minimum absolute atomic E-state index is 0.0776. The summed E-state index contributed by atoms with van der Waals surface area (Å²) in [5.41, 5.74) is 2.33. The summed E-state index contributed by atoms with van der Waals surface area (Å²) in [5, 5.41) is 3.37. The van der Waals surface area contributed by atoms with Crippen molar-refractivity contribution >= 4 is 28.9 Å². The van der Waals surface area contributed by atoms with E-state index in [-0.39, 0.29) is 17.1 Å². The summed E-state index contributed by atoms with van der Waals surface area (Å²) in [6, 6.07) is 10.1. The Balaban J connectivity index is 1.83. The second kappa shape index (κ2) is 8.39. The van der Waals surface area contributed by atoms with Gasteiger partial charge in [-0.1, -0.05) is 44.5 Å². The van der Waals surface area contributed by atoms with Crippen LogP contribution in [-0.4, -0.2) is 19.1 Å². The fourth-order valence-corrected chi connectivity index (χ4v) is 3.42. The second-order valence-electron chi connectivity index (χ2n) is 8.34. The molecule has 150 valence electrons. The third-order valence-corrected chi connectivity index (χ3v) is 4.78. The Hall–Kier alpha value is -2.27. The van der Waals surface area contributed by atoms with E-state index >= 15 is 0 Å². The van der Waals surface area contributed by atoms with Crippen molar-refractivity contribution < 1.29 is 13.9 Å². The van der Waals surface area contributed by atoms with E-state index in [1.165, 1.54) is 12.1 Å². The predicted molar refractivity (Wildman–Crippen MR) is 112 cm³/mol. The van der Waals surface area contributed by atoms with Crippen molar-refractivity contribution in [2.75, 3.05) is 23.4 Å². The number of amides is 1. The van der Waals surface area contributed by atoms with Gasteiger partial charge >= 0.3 is 0 Å². The molecule has 0 atom stereocenters. The van der Waals surface area contributed by atoms with Gasteiger partial charge in [0.05, 0.1) is 23.0 Å². The van der Waals surface area contributed by atoms with Crippen LogP contribution in [0, 0.1) is 11.2 Å². The molecule has 1 N–H and O–H groups in total. The average molecular weight is 405 g/mol. The second-order valence-corrected chi connectivity index (χ2v) is 8.74. The zero-order valence-corrected chi connectivity index (χ0v) is 17.3. The summed E-state index contributed by atoms with van der Waals surface area (Å²) >= 11 is 6.47. The summed E-state index contributed by atoms with van der Waals surface area (Å²) < 4.78 is 19.1. The molecule has 0 aliphatic carbocycles. The van der Waals surface area contributed by atoms with Gasteiger partial charge in [0.25, 0.3) is 0 Å². The molecule has 1 heterocycles. The zero-order chi connectivity index (χ0) is 20.3. The molecule has 1 aliphatic rings. The molecular weight excluding hydrogens is 379 g/mol. The van der Waals surface area contributed by atoms with Gasteiger partial charge in [0.2, 0.25) is 5.91 Å². The van der Waals surface area contributed by atoms with E-state index in [4.69, 9.17) is 16.3 Å². The number of anilines is 2. The van der Waals surface area contributed by atoms with Crippen molar-refractivity contribution in [2.45, 2.75) is 40.2 Å². The van der Waals surface area contributed by atoms with Crippen LogP contribution in [0.5, 0.6) is 5.75 Å². The highest BCUT2D eigenvalue weighted by Crippen LogP contribution is 2.39. The molecule has 1 aliphatic heterocycles. The smallest absolute Gasteiger partial charge is 0.224 e. The Morgan fingerprint density at radius 2 is 1.96 bits per heavy atom. The molecule has 0 unspecified atom stereocenters. The molecule has 0 aromatic heterocycles. The lowest BCUT2D eigenvalue weighted by Crippen LogP contribution is -2.23. The van der Waals surface area contributed by atoms with Gasteiger partial charge in [-0.3, -0.25) is 4.79 Å². The van der Waals surface area contributed by atoms with Crippen molar-refractivity contribution in [3.8, 4) is 5.75 Å². The molecule has 0 spiro atoms. The highest BCUT2D eigenvalue weighted by molar-refractivity contribution is 6.34. The maximum atomic E-state index is 13.2. The number of ether oxygens (including phenoxy) is 1. The van der Waals surface area contributed by atoms with E-state index in [9.17, 15) is 9.18 Å². The number of fused-ring (bicyclic) bond motifs is 1. The van der Waals surface area contributed by atoms with E-state index in [1.807, 2.05) is 26.8 Å². The molecule has 4 nitrogen and oxygen atoms in total. The fourth-order valence-electron chi connectivity index (χ4n) is 3.21. The molecule has 0 saturated carbocycles. The number of carbonyl (C=O) groups is 1. The summed E-state index contributed by atoms with van der Waals surface area (Å²) in [5.74, 6) is 0.364. The molecule has 3 rings (SSSR count). The van der Waals surface area contributed by atoms with Crippen LogP contribution in [0.1, 0.15) is 39.2 Å². The van der Waals surface area contributed by atoms with Crippen LogP contribution in [0.4, 0.5) is 15.8 Å². The summed E-state index contributed by atoms with van der Waals surface area (Å²) in [7, 11) is 0. The maximum Gasteiger partial charge on any atom is 0.224 e. The third-order valence-electron chi connectivity index (χ3n) is 4.47. The van der Waals surface area contributed by atoms with Gasteiger partial charge in [-0.15, -0.1) is 0 Å². The van der Waals surface area contributed by atoms with Crippen LogP contribution in [0.2, 0.25) is 5.02 Å². The Kier molecular flexibility index (Phi) is 6.14. The number of halogens is 2. The van der Waals surface area contributed by atoms with Crippen LogP contribution < -0.4 is 15.0 Å². The normalized spacial score (nSPS) is 14.1. The highest BCUT2D eigenvalue weighted by atomic mass is 35.5. The van der Waals surface area contributed by atoms with Crippen LogP contribution in [0.15, 0.2) is 36.4 Å². The average Bonchev–Trinajstić information content (AvgIpc) is 2.78. The van der Waals surface area contributed by atoms with Crippen molar-refractivity contribution in [1.29, 1.82) is 0 Å². The van der Waals surface area contributed by atoms with Gasteiger partial charge in [-0.25, -0.2) is 4.39 Å². The highest BCUT2D eigenvalue weighted by Gasteiger charge is 2.21. The van der Waals surface area contributed by atoms with Gasteiger partial charge in [0, 0.05) is 25.6 Å². The Bertz CT molecular complexity index is 847. The number of hydrogen-bond donors (Lipinski definition) is 1. The standard InChI is InChI=1S/C22H26ClFN2O2/c1-22(2,3)13-21(27)25-18-12-20-19(11-17(18)23)26(9-4-10-28-20)14-15-5-7-16(24)8-6-15/h5-8,11-12H,4,9-10,13-14H2,1-3H3,(H,25,27). The molecule has 0 bridgehead atoms. The summed E-state index contributed by atoms with van der Waals surface area (Å²) in [6.07, 6.45) is 1.26. The third kappa shape index (κ3) is 5.38. The molecule has 0 radical (unpaired) electrons. The van der Waals surface area contributed by atoms with Crippen LogP contribution in [-0.2, 0) is 11.3 Å². The lowest BCUT2D eigenvalue weighted by Gasteiger charge is -2.25. The molecule has 1 amide bonds. The van der Waals surface area contributed by atoms with Gasteiger partial charge in [0.1, 0.15) is 11.6 Å². The quantitative estimate of drug-likeness (QED) is 0.716. The molecule has 2 aromatic rings. The Morgan fingerprint density at radius 3 is 2.64 bits per heavy atom. The van der Waals surface area contributed by atoms with Crippen LogP contribution in [0.3, 0.4) is 0 Å².